The Kier molecular flexibility index (Phi) is 4.63. The first-order valence-electron chi connectivity index (χ1n) is 8.13. The smallest absolute Gasteiger partial charge is 0.309 e. The van der Waals surface area contributed by atoms with E-state index in [0.717, 1.165) is 5.56 Å². The molecule has 23 heavy (non-hydrogen) atoms. The molecule has 2 aliphatic heterocycles. The molecule has 124 valence electrons. The summed E-state index contributed by atoms with van der Waals surface area (Å²) in [5.41, 5.74) is 4.56. The maximum atomic E-state index is 12.2. The molecule has 3 rings (SSSR count). The van der Waals surface area contributed by atoms with E-state index in [1.807, 2.05) is 42.3 Å². The van der Waals surface area contributed by atoms with Gasteiger partial charge in [-0.15, -0.1) is 0 Å². The number of ether oxygens (including phenoxy) is 1. The molecular formula is C17H23N3O3. The van der Waals surface area contributed by atoms with E-state index < -0.39 is 5.92 Å². The maximum absolute atomic E-state index is 12.2. The number of fused-ring (bicyclic) bond motifs is 1. The van der Waals surface area contributed by atoms with Crippen LogP contribution < -0.4 is 10.7 Å². The number of hydrogen-bond donors (Lipinski definition) is 2. The highest BCUT2D eigenvalue weighted by atomic mass is 16.5. The Balaban J connectivity index is 1.79. The lowest BCUT2D eigenvalue weighted by Crippen LogP contribution is -2.56. The zero-order valence-corrected chi connectivity index (χ0v) is 13.5. The van der Waals surface area contributed by atoms with Crippen LogP contribution in [0.15, 0.2) is 30.3 Å². The molecule has 6 heteroatoms. The molecule has 0 spiro atoms. The molecule has 6 nitrogen and oxygen atoms in total. The van der Waals surface area contributed by atoms with Gasteiger partial charge < -0.3 is 10.1 Å². The molecule has 0 saturated carbocycles. The number of piperidine rings is 1. The third kappa shape index (κ3) is 3.23. The van der Waals surface area contributed by atoms with Gasteiger partial charge in [-0.1, -0.05) is 30.3 Å². The van der Waals surface area contributed by atoms with Crippen molar-refractivity contribution in [1.29, 1.82) is 0 Å². The summed E-state index contributed by atoms with van der Waals surface area (Å²) in [7, 11) is 0. The Labute approximate surface area is 136 Å². The lowest BCUT2D eigenvalue weighted by atomic mass is 9.80. The standard InChI is InChI=1S/C17H23N3O3/c1-3-23-17(22)13-9-14(21)18-16-15(13)11(2)19-20(16)10-12-7-5-4-6-8-12/h4-8,11,13,15-16,19H,3,9-10H2,1-2H3,(H,18,21). The topological polar surface area (TPSA) is 70.7 Å². The molecule has 4 atom stereocenters. The minimum Gasteiger partial charge on any atom is -0.466 e. The molecule has 0 bridgehead atoms. The Hall–Kier alpha value is -1.92. The van der Waals surface area contributed by atoms with Crippen molar-refractivity contribution < 1.29 is 14.3 Å². The largest absolute Gasteiger partial charge is 0.466 e. The van der Waals surface area contributed by atoms with E-state index >= 15 is 0 Å². The predicted molar refractivity (Wildman–Crippen MR) is 84.7 cm³/mol. The number of rotatable bonds is 4. The third-order valence-electron chi connectivity index (χ3n) is 4.61. The van der Waals surface area contributed by atoms with E-state index in [-0.39, 0.29) is 36.4 Å². The SMILES string of the molecule is CCOC(=O)C1CC(=O)NC2C1C(C)NN2Cc1ccccc1. The van der Waals surface area contributed by atoms with Gasteiger partial charge >= 0.3 is 5.97 Å². The molecular weight excluding hydrogens is 294 g/mol. The number of carbonyl (C=O) groups is 2. The van der Waals surface area contributed by atoms with Crippen molar-refractivity contribution in [2.45, 2.75) is 39.0 Å². The lowest BCUT2D eigenvalue weighted by molar-refractivity contribution is -0.155. The molecule has 2 heterocycles. The molecule has 2 fully saturated rings. The van der Waals surface area contributed by atoms with Crippen molar-refractivity contribution in [1.82, 2.24) is 15.8 Å². The van der Waals surface area contributed by atoms with E-state index in [9.17, 15) is 9.59 Å². The average Bonchev–Trinajstić information content (AvgIpc) is 2.84. The minimum atomic E-state index is -0.392. The summed E-state index contributed by atoms with van der Waals surface area (Å²) in [5, 5.41) is 5.04. The third-order valence-corrected chi connectivity index (χ3v) is 4.61. The van der Waals surface area contributed by atoms with Crippen LogP contribution in [0.5, 0.6) is 0 Å². The number of benzene rings is 1. The van der Waals surface area contributed by atoms with Gasteiger partial charge in [-0.2, -0.15) is 0 Å². The van der Waals surface area contributed by atoms with Crippen LogP contribution in [-0.2, 0) is 20.9 Å². The van der Waals surface area contributed by atoms with Crippen LogP contribution in [0.3, 0.4) is 0 Å². The first-order chi connectivity index (χ1) is 11.1. The lowest BCUT2D eigenvalue weighted by Gasteiger charge is -2.36. The van der Waals surface area contributed by atoms with Crippen LogP contribution in [0, 0.1) is 11.8 Å². The number of carbonyl (C=O) groups excluding carboxylic acids is 2. The van der Waals surface area contributed by atoms with Gasteiger partial charge in [0.25, 0.3) is 0 Å². The van der Waals surface area contributed by atoms with Crippen molar-refractivity contribution >= 4 is 11.9 Å². The Bertz CT molecular complexity index is 578. The number of nitrogens with zero attached hydrogens (tertiary/aromatic N) is 1. The predicted octanol–water partition coefficient (Wildman–Crippen LogP) is 1.04. The summed E-state index contributed by atoms with van der Waals surface area (Å²) in [4.78, 5) is 24.3. The molecule has 0 aliphatic carbocycles. The van der Waals surface area contributed by atoms with Gasteiger partial charge in [0.15, 0.2) is 0 Å². The Morgan fingerprint density at radius 1 is 1.35 bits per heavy atom. The quantitative estimate of drug-likeness (QED) is 0.812. The maximum Gasteiger partial charge on any atom is 0.309 e. The second-order valence-corrected chi connectivity index (χ2v) is 6.18. The van der Waals surface area contributed by atoms with Crippen molar-refractivity contribution in [3.63, 3.8) is 0 Å². The van der Waals surface area contributed by atoms with Crippen LogP contribution in [0.2, 0.25) is 0 Å². The van der Waals surface area contributed by atoms with Gasteiger partial charge in [-0.25, -0.2) is 10.4 Å². The van der Waals surface area contributed by atoms with Gasteiger partial charge in [0, 0.05) is 24.9 Å². The first kappa shape index (κ1) is 16.0. The van der Waals surface area contributed by atoms with Crippen LogP contribution in [-0.4, -0.2) is 35.7 Å². The second kappa shape index (κ2) is 6.68. The summed E-state index contributed by atoms with van der Waals surface area (Å²) >= 11 is 0. The molecule has 2 aliphatic rings. The van der Waals surface area contributed by atoms with E-state index in [2.05, 4.69) is 10.7 Å². The minimum absolute atomic E-state index is 0.00969. The molecule has 1 aromatic rings. The van der Waals surface area contributed by atoms with E-state index in [4.69, 9.17) is 4.74 Å². The fraction of sp³-hybridized carbons (Fsp3) is 0.529. The highest BCUT2D eigenvalue weighted by molar-refractivity contribution is 5.85. The van der Waals surface area contributed by atoms with Gasteiger partial charge in [-0.05, 0) is 19.4 Å². The number of hydrazine groups is 1. The highest BCUT2D eigenvalue weighted by Crippen LogP contribution is 2.34. The molecule has 1 aromatic carbocycles. The van der Waals surface area contributed by atoms with E-state index in [1.165, 1.54) is 0 Å². The summed E-state index contributed by atoms with van der Waals surface area (Å²) in [6, 6.07) is 10.2. The molecule has 1 amide bonds. The monoisotopic (exact) mass is 317 g/mol. The fourth-order valence-electron chi connectivity index (χ4n) is 3.63. The normalized spacial score (nSPS) is 30.6. The second-order valence-electron chi connectivity index (χ2n) is 6.18. The zero-order chi connectivity index (χ0) is 16.4. The summed E-state index contributed by atoms with van der Waals surface area (Å²) < 4.78 is 5.17. The van der Waals surface area contributed by atoms with Crippen molar-refractivity contribution in [3.05, 3.63) is 35.9 Å². The van der Waals surface area contributed by atoms with Crippen molar-refractivity contribution in [2.75, 3.05) is 6.61 Å². The zero-order valence-electron chi connectivity index (χ0n) is 13.5. The Morgan fingerprint density at radius 2 is 2.09 bits per heavy atom. The van der Waals surface area contributed by atoms with Gasteiger partial charge in [0.2, 0.25) is 5.91 Å². The summed E-state index contributed by atoms with van der Waals surface area (Å²) in [5.74, 6) is -0.752. The molecule has 4 unspecified atom stereocenters. The molecule has 2 N–H and O–H groups in total. The van der Waals surface area contributed by atoms with Gasteiger partial charge in [-0.3, -0.25) is 9.59 Å². The molecule has 2 saturated heterocycles. The van der Waals surface area contributed by atoms with Crippen LogP contribution in [0.25, 0.3) is 0 Å². The number of esters is 1. The number of nitrogens with one attached hydrogen (secondary N) is 2. The summed E-state index contributed by atoms with van der Waals surface area (Å²) in [6.45, 7) is 4.84. The molecule has 0 aromatic heterocycles. The highest BCUT2D eigenvalue weighted by Gasteiger charge is 2.50. The van der Waals surface area contributed by atoms with E-state index in [1.54, 1.807) is 6.92 Å². The van der Waals surface area contributed by atoms with Gasteiger partial charge in [0.1, 0.15) is 6.17 Å². The van der Waals surface area contributed by atoms with Crippen LogP contribution in [0.1, 0.15) is 25.8 Å². The van der Waals surface area contributed by atoms with Crippen molar-refractivity contribution in [3.8, 4) is 0 Å². The van der Waals surface area contributed by atoms with Crippen molar-refractivity contribution in [2.24, 2.45) is 11.8 Å². The average molecular weight is 317 g/mol. The Morgan fingerprint density at radius 3 is 2.78 bits per heavy atom. The fourth-order valence-corrected chi connectivity index (χ4v) is 3.63. The first-order valence-corrected chi connectivity index (χ1v) is 8.13. The van der Waals surface area contributed by atoms with Gasteiger partial charge in [0.05, 0.1) is 12.5 Å². The van der Waals surface area contributed by atoms with E-state index in [0.29, 0.717) is 13.2 Å². The number of hydrogen-bond acceptors (Lipinski definition) is 5. The summed E-state index contributed by atoms with van der Waals surface area (Å²) in [6.07, 6.45) is 0.00595. The van der Waals surface area contributed by atoms with Crippen LogP contribution in [0.4, 0.5) is 0 Å². The van der Waals surface area contributed by atoms with Crippen LogP contribution >= 0.6 is 0 Å². The molecule has 0 radical (unpaired) electrons. The number of amides is 1.